The summed E-state index contributed by atoms with van der Waals surface area (Å²) in [5.41, 5.74) is 15.1. The highest BCUT2D eigenvalue weighted by Crippen LogP contribution is 2.40. The van der Waals surface area contributed by atoms with E-state index in [9.17, 15) is 34.2 Å². The average molecular weight is 663 g/mol. The van der Waals surface area contributed by atoms with E-state index in [0.29, 0.717) is 5.57 Å². The van der Waals surface area contributed by atoms with Crippen molar-refractivity contribution in [3.63, 3.8) is 0 Å². The van der Waals surface area contributed by atoms with E-state index in [0.717, 1.165) is 16.2 Å². The lowest BCUT2D eigenvalue weighted by atomic mass is 10.0. The Morgan fingerprint density at radius 3 is 2.62 bits per heavy atom. The number of oxime groups is 1. The van der Waals surface area contributed by atoms with Crippen LogP contribution >= 0.6 is 23.1 Å². The van der Waals surface area contributed by atoms with Gasteiger partial charge in [0.25, 0.3) is 11.8 Å². The van der Waals surface area contributed by atoms with Crippen molar-refractivity contribution in [3.8, 4) is 0 Å². The van der Waals surface area contributed by atoms with E-state index in [1.54, 1.807) is 23.3 Å². The minimum Gasteiger partial charge on any atom is -0.478 e. The molecule has 10 N–H and O–H groups in total. The summed E-state index contributed by atoms with van der Waals surface area (Å²) in [7, 11) is 0. The Balaban J connectivity index is 1.48. The number of nitrogens with two attached hydrogens (primary N) is 3. The number of β-lactam (4-membered cyclic amide) rings is 1. The third-order valence-corrected chi connectivity index (χ3v) is 8.45. The highest BCUT2D eigenvalue weighted by Gasteiger charge is 2.54. The molecule has 3 aliphatic heterocycles. The molecule has 3 amide bonds. The number of aliphatic carboxylic acids is 2. The van der Waals surface area contributed by atoms with Crippen LogP contribution in [-0.4, -0.2) is 109 Å². The summed E-state index contributed by atoms with van der Waals surface area (Å²) in [4.78, 5) is 77.8. The molecule has 1 aromatic heterocycles. The van der Waals surface area contributed by atoms with Crippen LogP contribution in [0.25, 0.3) is 0 Å². The summed E-state index contributed by atoms with van der Waals surface area (Å²) in [6.07, 6.45) is 4.85. The summed E-state index contributed by atoms with van der Waals surface area (Å²) in [5.74, 6) is -4.32. The molecule has 0 radical (unpaired) electrons. The van der Waals surface area contributed by atoms with Crippen molar-refractivity contribution in [1.29, 1.82) is 0 Å². The number of nitrogens with zero attached hydrogens (tertiary/aromatic N) is 5. The third kappa shape index (κ3) is 7.24. The summed E-state index contributed by atoms with van der Waals surface area (Å²) in [6, 6.07) is -1.11. The van der Waals surface area contributed by atoms with Gasteiger partial charge in [-0.25, -0.2) is 19.6 Å². The number of fused-ring (bicyclic) bond motifs is 1. The number of aliphatic imine (C=N–C) groups is 1. The van der Waals surface area contributed by atoms with Crippen molar-refractivity contribution >= 4 is 69.4 Å². The van der Waals surface area contributed by atoms with Gasteiger partial charge in [-0.05, 0) is 19.4 Å². The Kier molecular flexibility index (Phi) is 9.78. The zero-order valence-corrected chi connectivity index (χ0v) is 25.6. The van der Waals surface area contributed by atoms with Crippen molar-refractivity contribution in [3.05, 3.63) is 46.4 Å². The molecule has 45 heavy (non-hydrogen) atoms. The molecule has 0 aliphatic carbocycles. The van der Waals surface area contributed by atoms with Crippen molar-refractivity contribution in [1.82, 2.24) is 25.4 Å². The van der Waals surface area contributed by atoms with E-state index in [1.165, 1.54) is 31.0 Å². The molecule has 2 atom stereocenters. The van der Waals surface area contributed by atoms with Crippen LogP contribution in [0.2, 0.25) is 0 Å². The van der Waals surface area contributed by atoms with Gasteiger partial charge in [0.05, 0.1) is 12.2 Å². The average Bonchev–Trinajstić information content (AvgIpc) is 3.42. The van der Waals surface area contributed by atoms with E-state index >= 15 is 0 Å². The molecule has 0 bridgehead atoms. The Hall–Kier alpha value is -4.95. The zero-order chi connectivity index (χ0) is 33.1. The van der Waals surface area contributed by atoms with E-state index in [1.807, 2.05) is 0 Å². The monoisotopic (exact) mass is 662 g/mol. The fourth-order valence-corrected chi connectivity index (χ4v) is 5.93. The van der Waals surface area contributed by atoms with Gasteiger partial charge in [0.2, 0.25) is 11.5 Å². The minimum absolute atomic E-state index is 0.000433. The topological polar surface area (TPSA) is 281 Å². The normalized spacial score (nSPS) is 20.2. The SMILES string of the molecule is CC(C)(O/N=C(\C(=O)N[C@@H]1C(=O)N2C(C(=O)O)=C(/C=C/CN3C=C(NC(=O)CN)C(N)=NC3)CSC12)c1csc(N)n1)C(=O)O. The summed E-state index contributed by atoms with van der Waals surface area (Å²) < 4.78 is 0. The highest BCUT2D eigenvalue weighted by molar-refractivity contribution is 8.00. The molecule has 0 saturated carbocycles. The summed E-state index contributed by atoms with van der Waals surface area (Å²) in [6.45, 7) is 2.71. The maximum Gasteiger partial charge on any atom is 0.352 e. The maximum absolute atomic E-state index is 13.2. The number of carbonyl (C=O) groups excluding carboxylic acids is 3. The van der Waals surface area contributed by atoms with E-state index in [4.69, 9.17) is 22.0 Å². The fraction of sp³-hybridized carbons (Fsp3) is 0.360. The second-order valence-corrected chi connectivity index (χ2v) is 12.1. The molecule has 3 aliphatic rings. The highest BCUT2D eigenvalue weighted by atomic mass is 32.2. The molecule has 0 spiro atoms. The largest absolute Gasteiger partial charge is 0.478 e. The predicted molar refractivity (Wildman–Crippen MR) is 163 cm³/mol. The lowest BCUT2D eigenvalue weighted by Crippen LogP contribution is -2.71. The van der Waals surface area contributed by atoms with Crippen molar-refractivity contribution in [2.75, 3.05) is 31.2 Å². The van der Waals surface area contributed by atoms with Gasteiger partial charge in [0.1, 0.15) is 35.3 Å². The molecule has 240 valence electrons. The number of carboxylic acid groups (broad SMARTS) is 2. The Bertz CT molecular complexity index is 1580. The van der Waals surface area contributed by atoms with Crippen LogP contribution in [0.15, 0.2) is 50.8 Å². The molecular weight excluding hydrogens is 632 g/mol. The van der Waals surface area contributed by atoms with Crippen LogP contribution in [-0.2, 0) is 28.8 Å². The van der Waals surface area contributed by atoms with Gasteiger partial charge in [-0.2, -0.15) is 0 Å². The van der Waals surface area contributed by atoms with Gasteiger partial charge < -0.3 is 47.8 Å². The summed E-state index contributed by atoms with van der Waals surface area (Å²) >= 11 is 2.24. The lowest BCUT2D eigenvalue weighted by molar-refractivity contribution is -0.161. The van der Waals surface area contributed by atoms with Gasteiger partial charge in [-0.3, -0.25) is 19.3 Å². The molecule has 20 heteroatoms. The number of amides is 3. The number of amidine groups is 1. The number of hydrogen-bond acceptors (Lipinski definition) is 15. The number of aromatic nitrogens is 1. The number of thioether (sulfide) groups is 1. The summed E-state index contributed by atoms with van der Waals surface area (Å²) in [5, 5.41) is 28.9. The predicted octanol–water partition coefficient (Wildman–Crippen LogP) is -1.85. The molecule has 0 aromatic carbocycles. The molecule has 1 saturated heterocycles. The van der Waals surface area contributed by atoms with Crippen LogP contribution in [0, 0.1) is 0 Å². The Morgan fingerprint density at radius 2 is 2.00 bits per heavy atom. The molecule has 1 unspecified atom stereocenters. The quantitative estimate of drug-likeness (QED) is 0.0735. The number of nitrogens with one attached hydrogen (secondary N) is 2. The van der Waals surface area contributed by atoms with Gasteiger partial charge in [0.15, 0.2) is 10.8 Å². The molecule has 1 aromatic rings. The van der Waals surface area contributed by atoms with E-state index < -0.39 is 52.4 Å². The van der Waals surface area contributed by atoms with Gasteiger partial charge in [-0.15, -0.1) is 23.1 Å². The first-order valence-corrected chi connectivity index (χ1v) is 15.0. The number of thiazole rings is 1. The van der Waals surface area contributed by atoms with Gasteiger partial charge in [0, 0.05) is 23.9 Å². The molecule has 18 nitrogen and oxygen atoms in total. The van der Waals surface area contributed by atoms with Crippen molar-refractivity contribution in [2.45, 2.75) is 30.9 Å². The first-order chi connectivity index (χ1) is 21.2. The van der Waals surface area contributed by atoms with Gasteiger partial charge >= 0.3 is 11.9 Å². The number of allylic oxidation sites excluding steroid dienone is 1. The Morgan fingerprint density at radius 1 is 1.27 bits per heavy atom. The first kappa shape index (κ1) is 33.0. The zero-order valence-electron chi connectivity index (χ0n) is 23.9. The van der Waals surface area contributed by atoms with Crippen LogP contribution in [0.5, 0.6) is 0 Å². The molecular formula is C25H30N10O8S2. The second kappa shape index (κ2) is 13.4. The van der Waals surface area contributed by atoms with Crippen molar-refractivity contribution in [2.24, 2.45) is 21.6 Å². The third-order valence-electron chi connectivity index (χ3n) is 6.48. The standard InChI is InChI=1S/C25H30N10O8S2/c1-25(2,23(41)42)43-33-15(13-9-45-24(28)31-13)19(37)32-16-20(38)35-17(22(39)40)11(8-44-21(16)35)4-3-5-34-7-12(18(27)29-10-34)30-14(36)6-26/h3-4,7,9,16,21H,5-6,8,10,26H2,1-2H3,(H2,27,29)(H2,28,31)(H,30,36)(H,32,37)(H,39,40)(H,41,42)/b4-3+,33-15-/t16-,21?/m1/s1. The lowest BCUT2D eigenvalue weighted by Gasteiger charge is -2.49. The Labute approximate surface area is 263 Å². The maximum atomic E-state index is 13.2. The number of rotatable bonds is 12. The second-order valence-electron chi connectivity index (χ2n) is 10.1. The van der Waals surface area contributed by atoms with E-state index in [-0.39, 0.29) is 53.6 Å². The van der Waals surface area contributed by atoms with Crippen molar-refractivity contribution < 1.29 is 39.0 Å². The van der Waals surface area contributed by atoms with Crippen LogP contribution in [0.3, 0.4) is 0 Å². The van der Waals surface area contributed by atoms with E-state index in [2.05, 4.69) is 25.8 Å². The van der Waals surface area contributed by atoms with Crippen LogP contribution in [0.1, 0.15) is 19.5 Å². The number of carboxylic acids is 2. The number of nitrogen functional groups attached to an aromatic ring is 1. The van der Waals surface area contributed by atoms with Crippen LogP contribution < -0.4 is 27.8 Å². The minimum atomic E-state index is -1.78. The van der Waals surface area contributed by atoms with Gasteiger partial charge in [-0.1, -0.05) is 17.3 Å². The molecule has 1 fully saturated rings. The number of anilines is 1. The smallest absolute Gasteiger partial charge is 0.352 e. The number of hydrogen-bond donors (Lipinski definition) is 7. The van der Waals surface area contributed by atoms with Crippen LogP contribution in [0.4, 0.5) is 5.13 Å². The number of carbonyl (C=O) groups is 5. The fourth-order valence-electron chi connectivity index (χ4n) is 4.06. The first-order valence-electron chi connectivity index (χ1n) is 13.1. The molecule has 4 heterocycles. The molecule has 4 rings (SSSR count).